The van der Waals surface area contributed by atoms with Gasteiger partial charge in [0.15, 0.2) is 0 Å². The number of aromatic nitrogens is 2. The number of nitrogens with one attached hydrogen (secondary N) is 2. The van der Waals surface area contributed by atoms with E-state index in [9.17, 15) is 4.79 Å². The summed E-state index contributed by atoms with van der Waals surface area (Å²) >= 11 is 0. The molecule has 0 aliphatic carbocycles. The Hall–Kier alpha value is -3.41. The Bertz CT molecular complexity index is 919. The van der Waals surface area contributed by atoms with Gasteiger partial charge in [0.05, 0.1) is 24.7 Å². The van der Waals surface area contributed by atoms with E-state index in [1.807, 2.05) is 57.2 Å². The van der Waals surface area contributed by atoms with Crippen LogP contribution in [0, 0.1) is 13.8 Å². The van der Waals surface area contributed by atoms with Crippen LogP contribution in [0.2, 0.25) is 0 Å². The van der Waals surface area contributed by atoms with Crippen molar-refractivity contribution in [1.82, 2.24) is 9.97 Å². The highest BCUT2D eigenvalue weighted by atomic mass is 16.5. The molecule has 138 valence electrons. The second-order valence-corrected chi connectivity index (χ2v) is 6.06. The van der Waals surface area contributed by atoms with Gasteiger partial charge in [-0.15, -0.1) is 0 Å². The van der Waals surface area contributed by atoms with Gasteiger partial charge in [-0.2, -0.15) is 0 Å². The zero-order valence-electron chi connectivity index (χ0n) is 15.6. The van der Waals surface area contributed by atoms with Crippen molar-refractivity contribution >= 4 is 23.1 Å². The van der Waals surface area contributed by atoms with Crippen molar-refractivity contribution in [3.8, 4) is 5.75 Å². The Morgan fingerprint density at radius 1 is 1.00 bits per heavy atom. The monoisotopic (exact) mass is 362 g/mol. The van der Waals surface area contributed by atoms with Crippen LogP contribution in [-0.2, 0) is 0 Å². The SMILES string of the molecule is CCOc1ccccc1NC(=O)c1cnc(Nc2c(C)cccc2C)cn1. The maximum Gasteiger partial charge on any atom is 0.275 e. The van der Waals surface area contributed by atoms with Gasteiger partial charge in [-0.25, -0.2) is 9.97 Å². The van der Waals surface area contributed by atoms with E-state index in [1.165, 1.54) is 6.20 Å². The van der Waals surface area contributed by atoms with E-state index in [2.05, 4.69) is 20.6 Å². The summed E-state index contributed by atoms with van der Waals surface area (Å²) in [6.07, 6.45) is 3.00. The highest BCUT2D eigenvalue weighted by molar-refractivity contribution is 6.03. The van der Waals surface area contributed by atoms with E-state index < -0.39 is 0 Å². The highest BCUT2D eigenvalue weighted by Gasteiger charge is 2.12. The summed E-state index contributed by atoms with van der Waals surface area (Å²) in [5.41, 5.74) is 4.06. The average molecular weight is 362 g/mol. The third-order valence-electron chi connectivity index (χ3n) is 4.05. The molecule has 2 N–H and O–H groups in total. The maximum atomic E-state index is 12.5. The number of ether oxygens (including phenoxy) is 1. The molecule has 1 amide bonds. The molecule has 27 heavy (non-hydrogen) atoms. The van der Waals surface area contributed by atoms with Gasteiger partial charge < -0.3 is 15.4 Å². The maximum absolute atomic E-state index is 12.5. The van der Waals surface area contributed by atoms with Crippen molar-refractivity contribution in [2.45, 2.75) is 20.8 Å². The number of aryl methyl sites for hydroxylation is 2. The Labute approximate surface area is 158 Å². The molecule has 0 aliphatic rings. The molecular formula is C21H22N4O2. The molecule has 0 unspecified atom stereocenters. The number of benzene rings is 2. The summed E-state index contributed by atoms with van der Waals surface area (Å²) in [4.78, 5) is 21.0. The van der Waals surface area contributed by atoms with Crippen LogP contribution in [0.4, 0.5) is 17.2 Å². The molecule has 0 aliphatic heterocycles. The van der Waals surface area contributed by atoms with Crippen LogP contribution < -0.4 is 15.4 Å². The molecule has 0 saturated carbocycles. The van der Waals surface area contributed by atoms with Crippen molar-refractivity contribution in [2.24, 2.45) is 0 Å². The van der Waals surface area contributed by atoms with Crippen LogP contribution in [0.15, 0.2) is 54.9 Å². The van der Waals surface area contributed by atoms with Gasteiger partial charge in [-0.1, -0.05) is 30.3 Å². The predicted molar refractivity (Wildman–Crippen MR) is 107 cm³/mol. The Morgan fingerprint density at radius 2 is 1.74 bits per heavy atom. The molecule has 0 fully saturated rings. The van der Waals surface area contributed by atoms with Crippen molar-refractivity contribution in [1.29, 1.82) is 0 Å². The van der Waals surface area contributed by atoms with Crippen LogP contribution in [0.5, 0.6) is 5.75 Å². The summed E-state index contributed by atoms with van der Waals surface area (Å²) in [5.74, 6) is 0.863. The average Bonchev–Trinajstić information content (AvgIpc) is 2.67. The van der Waals surface area contributed by atoms with Crippen molar-refractivity contribution in [3.63, 3.8) is 0 Å². The Morgan fingerprint density at radius 3 is 2.41 bits per heavy atom. The lowest BCUT2D eigenvalue weighted by atomic mass is 10.1. The topological polar surface area (TPSA) is 76.1 Å². The number of rotatable bonds is 6. The first kappa shape index (κ1) is 18.4. The van der Waals surface area contributed by atoms with E-state index in [0.29, 0.717) is 23.9 Å². The lowest BCUT2D eigenvalue weighted by molar-refractivity contribution is 0.102. The third kappa shape index (κ3) is 4.41. The van der Waals surface area contributed by atoms with E-state index in [-0.39, 0.29) is 11.6 Å². The normalized spacial score (nSPS) is 10.3. The molecule has 1 aromatic heterocycles. The third-order valence-corrected chi connectivity index (χ3v) is 4.05. The number of anilines is 3. The molecule has 3 rings (SSSR count). The first-order valence-corrected chi connectivity index (χ1v) is 8.77. The Balaban J connectivity index is 1.73. The summed E-state index contributed by atoms with van der Waals surface area (Å²) < 4.78 is 5.52. The molecular weight excluding hydrogens is 340 g/mol. The van der Waals surface area contributed by atoms with Gasteiger partial charge in [-0.3, -0.25) is 4.79 Å². The first-order chi connectivity index (χ1) is 13.1. The smallest absolute Gasteiger partial charge is 0.275 e. The fourth-order valence-electron chi connectivity index (χ4n) is 2.69. The predicted octanol–water partition coefficient (Wildman–Crippen LogP) is 4.49. The molecule has 0 spiro atoms. The lowest BCUT2D eigenvalue weighted by Gasteiger charge is -2.12. The Kier molecular flexibility index (Phi) is 5.66. The van der Waals surface area contributed by atoms with Gasteiger partial charge >= 0.3 is 0 Å². The molecule has 6 heteroatoms. The number of para-hydroxylation sites is 3. The van der Waals surface area contributed by atoms with E-state index in [4.69, 9.17) is 4.74 Å². The van der Waals surface area contributed by atoms with E-state index >= 15 is 0 Å². The largest absolute Gasteiger partial charge is 0.492 e. The van der Waals surface area contributed by atoms with Crippen molar-refractivity contribution in [3.05, 3.63) is 71.7 Å². The molecule has 3 aromatic rings. The van der Waals surface area contributed by atoms with Crippen molar-refractivity contribution in [2.75, 3.05) is 17.2 Å². The second-order valence-electron chi connectivity index (χ2n) is 6.06. The van der Waals surface area contributed by atoms with E-state index in [0.717, 1.165) is 16.8 Å². The summed E-state index contributed by atoms with van der Waals surface area (Å²) in [6, 6.07) is 13.3. The van der Waals surface area contributed by atoms with Crippen LogP contribution in [-0.4, -0.2) is 22.5 Å². The lowest BCUT2D eigenvalue weighted by Crippen LogP contribution is -2.15. The highest BCUT2D eigenvalue weighted by Crippen LogP contribution is 2.25. The number of hydrogen-bond acceptors (Lipinski definition) is 5. The molecule has 6 nitrogen and oxygen atoms in total. The number of nitrogens with zero attached hydrogens (tertiary/aromatic N) is 2. The molecule has 0 saturated heterocycles. The number of amides is 1. The van der Waals surface area contributed by atoms with E-state index in [1.54, 1.807) is 12.3 Å². The van der Waals surface area contributed by atoms with Gasteiger partial charge in [0, 0.05) is 5.69 Å². The van der Waals surface area contributed by atoms with Gasteiger partial charge in [0.25, 0.3) is 5.91 Å². The first-order valence-electron chi connectivity index (χ1n) is 8.77. The van der Waals surface area contributed by atoms with Crippen LogP contribution >= 0.6 is 0 Å². The number of carbonyl (C=O) groups excluding carboxylic acids is 1. The molecule has 2 aromatic carbocycles. The quantitative estimate of drug-likeness (QED) is 0.676. The number of carbonyl (C=O) groups is 1. The van der Waals surface area contributed by atoms with Gasteiger partial charge in [-0.05, 0) is 44.0 Å². The number of hydrogen-bond donors (Lipinski definition) is 2. The van der Waals surface area contributed by atoms with Crippen LogP contribution in [0.1, 0.15) is 28.5 Å². The minimum atomic E-state index is -0.340. The van der Waals surface area contributed by atoms with Crippen LogP contribution in [0.3, 0.4) is 0 Å². The summed E-state index contributed by atoms with van der Waals surface area (Å²) in [7, 11) is 0. The zero-order chi connectivity index (χ0) is 19.2. The fourth-order valence-corrected chi connectivity index (χ4v) is 2.69. The molecule has 0 bridgehead atoms. The van der Waals surface area contributed by atoms with Crippen LogP contribution in [0.25, 0.3) is 0 Å². The van der Waals surface area contributed by atoms with Gasteiger partial charge in [0.2, 0.25) is 0 Å². The fraction of sp³-hybridized carbons (Fsp3) is 0.190. The van der Waals surface area contributed by atoms with Gasteiger partial charge in [0.1, 0.15) is 17.3 Å². The second kappa shape index (κ2) is 8.31. The molecule has 0 radical (unpaired) electrons. The minimum absolute atomic E-state index is 0.230. The summed E-state index contributed by atoms with van der Waals surface area (Å²) in [6.45, 7) is 6.47. The molecule has 1 heterocycles. The summed E-state index contributed by atoms with van der Waals surface area (Å²) in [5, 5.41) is 6.07. The zero-order valence-corrected chi connectivity index (χ0v) is 15.6. The molecule has 0 atom stereocenters. The standard InChI is InChI=1S/C21H22N4O2/c1-4-27-18-11-6-5-10-16(18)24-21(26)17-12-23-19(13-22-17)25-20-14(2)8-7-9-15(20)3/h5-13H,4H2,1-3H3,(H,23,25)(H,24,26). The minimum Gasteiger partial charge on any atom is -0.492 e. The van der Waals surface area contributed by atoms with Crippen molar-refractivity contribution < 1.29 is 9.53 Å².